The van der Waals surface area contributed by atoms with Gasteiger partial charge in [0.15, 0.2) is 15.6 Å². The summed E-state index contributed by atoms with van der Waals surface area (Å²) in [4.78, 5) is 23.6. The van der Waals surface area contributed by atoms with Crippen LogP contribution in [0.3, 0.4) is 0 Å². The summed E-state index contributed by atoms with van der Waals surface area (Å²) in [6.07, 6.45) is -0.467. The van der Waals surface area contributed by atoms with Crippen molar-refractivity contribution in [2.75, 3.05) is 18.7 Å². The zero-order chi connectivity index (χ0) is 19.4. The van der Waals surface area contributed by atoms with Crippen molar-refractivity contribution in [2.24, 2.45) is 5.41 Å². The van der Waals surface area contributed by atoms with Crippen molar-refractivity contribution in [3.05, 3.63) is 18.2 Å². The Morgan fingerprint density at radius 3 is 2.28 bits per heavy atom. The molecule has 0 aliphatic carbocycles. The van der Waals surface area contributed by atoms with Gasteiger partial charge in [-0.1, -0.05) is 20.8 Å². The Hall–Kier alpha value is -2.13. The van der Waals surface area contributed by atoms with Gasteiger partial charge in [0, 0.05) is 24.5 Å². The van der Waals surface area contributed by atoms with E-state index < -0.39 is 27.6 Å². The van der Waals surface area contributed by atoms with Crippen molar-refractivity contribution in [1.82, 2.24) is 5.32 Å². The molecule has 0 aliphatic rings. The summed E-state index contributed by atoms with van der Waals surface area (Å²) in [5.41, 5.74) is -0.352. The van der Waals surface area contributed by atoms with Gasteiger partial charge in [-0.3, -0.25) is 10.1 Å². The summed E-state index contributed by atoms with van der Waals surface area (Å²) in [7, 11) is -2.29. The van der Waals surface area contributed by atoms with Gasteiger partial charge in [0.05, 0.1) is 0 Å². The summed E-state index contributed by atoms with van der Waals surface area (Å²) >= 11 is 0. The third-order valence-corrected chi connectivity index (χ3v) is 4.28. The summed E-state index contributed by atoms with van der Waals surface area (Å²) in [5, 5.41) is 5.01. The highest BCUT2D eigenvalue weighted by atomic mass is 32.2. The average molecular weight is 372 g/mol. The fourth-order valence-electron chi connectivity index (χ4n) is 1.63. The minimum absolute atomic E-state index is 0.142. The lowest BCUT2D eigenvalue weighted by Gasteiger charge is -2.18. The minimum atomic E-state index is -3.69. The first kappa shape index (κ1) is 20.9. The number of sulfone groups is 1. The van der Waals surface area contributed by atoms with E-state index in [4.69, 9.17) is 9.47 Å². The van der Waals surface area contributed by atoms with Gasteiger partial charge in [-0.05, 0) is 25.1 Å². The number of carbonyl (C=O) groups is 2. The molecule has 9 heteroatoms. The van der Waals surface area contributed by atoms with Crippen LogP contribution in [0.15, 0.2) is 23.1 Å². The number of hydrogen-bond donors (Lipinski definition) is 2. The number of carbonyl (C=O) groups excluding carboxylic acids is 2. The van der Waals surface area contributed by atoms with Crippen LogP contribution < -0.4 is 15.4 Å². The zero-order valence-electron chi connectivity index (χ0n) is 15.2. The van der Waals surface area contributed by atoms with E-state index in [1.165, 1.54) is 25.3 Å². The maximum Gasteiger partial charge on any atom is 0.414 e. The normalized spacial score (nSPS) is 13.0. The Kier molecular flexibility index (Phi) is 6.55. The van der Waals surface area contributed by atoms with Gasteiger partial charge in [0.1, 0.15) is 11.1 Å². The maximum atomic E-state index is 12.0. The van der Waals surface area contributed by atoms with E-state index in [1.807, 2.05) is 0 Å². The van der Waals surface area contributed by atoms with E-state index in [1.54, 1.807) is 27.7 Å². The van der Waals surface area contributed by atoms with Crippen LogP contribution in [0.4, 0.5) is 10.5 Å². The number of rotatable bonds is 5. The van der Waals surface area contributed by atoms with Gasteiger partial charge >= 0.3 is 6.09 Å². The van der Waals surface area contributed by atoms with E-state index >= 15 is 0 Å². The lowest BCUT2D eigenvalue weighted by atomic mass is 9.95. The first-order valence-corrected chi connectivity index (χ1v) is 9.40. The van der Waals surface area contributed by atoms with Crippen LogP contribution in [0, 0.1) is 5.41 Å². The van der Waals surface area contributed by atoms with E-state index in [0.29, 0.717) is 5.69 Å². The summed E-state index contributed by atoms with van der Waals surface area (Å²) < 4.78 is 33.9. The van der Waals surface area contributed by atoms with Gasteiger partial charge in [0.2, 0.25) is 5.91 Å². The molecule has 1 rings (SSSR count). The molecule has 8 nitrogen and oxygen atoms in total. The molecule has 1 aromatic rings. The predicted octanol–water partition coefficient (Wildman–Crippen LogP) is 2.16. The molecule has 0 saturated carbocycles. The zero-order valence-corrected chi connectivity index (χ0v) is 16.0. The Labute approximate surface area is 147 Å². The number of methoxy groups -OCH3 is 1. The molecule has 0 spiro atoms. The molecule has 0 aromatic heterocycles. The van der Waals surface area contributed by atoms with Crippen molar-refractivity contribution in [3.8, 4) is 5.75 Å². The molecule has 0 fully saturated rings. The van der Waals surface area contributed by atoms with Gasteiger partial charge in [-0.15, -0.1) is 0 Å². The summed E-state index contributed by atoms with van der Waals surface area (Å²) in [6.45, 7) is 6.79. The molecule has 2 amide bonds. The van der Waals surface area contributed by atoms with E-state index in [0.717, 1.165) is 6.26 Å². The highest BCUT2D eigenvalue weighted by Crippen LogP contribution is 2.28. The van der Waals surface area contributed by atoms with Crippen molar-refractivity contribution in [1.29, 1.82) is 0 Å². The summed E-state index contributed by atoms with van der Waals surface area (Å²) in [6, 6.07) is 4.02. The number of ether oxygens (including phenoxy) is 2. The van der Waals surface area contributed by atoms with Gasteiger partial charge in [0.25, 0.3) is 0 Å². The molecule has 25 heavy (non-hydrogen) atoms. The molecule has 0 aliphatic heterocycles. The van der Waals surface area contributed by atoms with Crippen molar-refractivity contribution >= 4 is 27.5 Å². The number of anilines is 1. The van der Waals surface area contributed by atoms with Crippen LogP contribution in [0.25, 0.3) is 0 Å². The number of hydrogen-bond acceptors (Lipinski definition) is 6. The molecule has 1 unspecified atom stereocenters. The summed E-state index contributed by atoms with van der Waals surface area (Å²) in [5.74, 6) is -0.413. The van der Waals surface area contributed by atoms with Crippen LogP contribution in [-0.4, -0.2) is 40.0 Å². The average Bonchev–Trinajstić information content (AvgIpc) is 2.46. The quantitative estimate of drug-likeness (QED) is 0.766. The topological polar surface area (TPSA) is 111 Å². The van der Waals surface area contributed by atoms with Gasteiger partial charge in [-0.2, -0.15) is 0 Å². The molecule has 0 heterocycles. The smallest absolute Gasteiger partial charge is 0.409 e. The second-order valence-corrected chi connectivity index (χ2v) is 8.53. The van der Waals surface area contributed by atoms with E-state index in [2.05, 4.69) is 10.6 Å². The van der Waals surface area contributed by atoms with Crippen molar-refractivity contribution < 1.29 is 27.5 Å². The van der Waals surface area contributed by atoms with Gasteiger partial charge in [-0.25, -0.2) is 13.2 Å². The molecule has 0 saturated heterocycles. The van der Waals surface area contributed by atoms with Crippen LogP contribution in [0.5, 0.6) is 5.75 Å². The Morgan fingerprint density at radius 2 is 1.80 bits per heavy atom. The second kappa shape index (κ2) is 7.83. The molecular weight excluding hydrogens is 348 g/mol. The largest absolute Gasteiger partial charge is 0.414 e. The van der Waals surface area contributed by atoms with Crippen LogP contribution >= 0.6 is 0 Å². The molecule has 2 N–H and O–H groups in total. The molecule has 1 atom stereocenters. The molecular formula is C16H24N2O6S. The van der Waals surface area contributed by atoms with Crippen LogP contribution in [0.2, 0.25) is 0 Å². The maximum absolute atomic E-state index is 12.0. The number of amides is 2. The standard InChI is InChI=1S/C16H24N2O6S/c1-10(23-5)17-15(20)24-12-8-7-11(9-13(12)25(6,21)22)18-14(19)16(2,3)4/h7-10H,1-6H3,(H,17,20)(H,18,19). The lowest BCUT2D eigenvalue weighted by molar-refractivity contribution is -0.123. The molecule has 0 bridgehead atoms. The first-order chi connectivity index (χ1) is 11.3. The van der Waals surface area contributed by atoms with E-state index in [-0.39, 0.29) is 16.6 Å². The molecule has 1 aromatic carbocycles. The highest BCUT2D eigenvalue weighted by Gasteiger charge is 2.23. The molecule has 140 valence electrons. The first-order valence-electron chi connectivity index (χ1n) is 7.51. The van der Waals surface area contributed by atoms with Crippen molar-refractivity contribution in [3.63, 3.8) is 0 Å². The lowest BCUT2D eigenvalue weighted by Crippen LogP contribution is -2.36. The third kappa shape index (κ3) is 6.35. The Balaban J connectivity index is 3.12. The highest BCUT2D eigenvalue weighted by molar-refractivity contribution is 7.90. The van der Waals surface area contributed by atoms with Gasteiger partial charge < -0.3 is 14.8 Å². The Bertz CT molecular complexity index is 752. The van der Waals surface area contributed by atoms with E-state index in [9.17, 15) is 18.0 Å². The minimum Gasteiger partial charge on any atom is -0.409 e. The fraction of sp³-hybridized carbons (Fsp3) is 0.500. The van der Waals surface area contributed by atoms with Crippen LogP contribution in [0.1, 0.15) is 27.7 Å². The van der Waals surface area contributed by atoms with Crippen molar-refractivity contribution in [2.45, 2.75) is 38.8 Å². The third-order valence-electron chi connectivity index (χ3n) is 3.16. The monoisotopic (exact) mass is 372 g/mol. The Morgan fingerprint density at radius 1 is 1.20 bits per heavy atom. The number of nitrogens with one attached hydrogen (secondary N) is 2. The van der Waals surface area contributed by atoms with Crippen LogP contribution in [-0.2, 0) is 19.4 Å². The fourth-order valence-corrected chi connectivity index (χ4v) is 2.45. The predicted molar refractivity (Wildman–Crippen MR) is 93.3 cm³/mol. The molecule has 0 radical (unpaired) electrons. The SMILES string of the molecule is COC(C)NC(=O)Oc1ccc(NC(=O)C(C)(C)C)cc1S(C)(=O)=O. The second-order valence-electron chi connectivity index (χ2n) is 6.55. The number of benzene rings is 1.